The number of hydrogen-bond donors (Lipinski definition) is 2. The normalized spacial score (nSPS) is 18.3. The summed E-state index contributed by atoms with van der Waals surface area (Å²) >= 11 is 0.485. The number of alkyl halides is 3. The minimum absolute atomic E-state index is 0.178. The molecular formula is C11H16F3NO3S. The fourth-order valence-electron chi connectivity index (χ4n) is 2.28. The first kappa shape index (κ1) is 16.1. The highest BCUT2D eigenvalue weighted by Gasteiger charge is 2.37. The molecule has 0 saturated heterocycles. The number of amides is 1. The molecule has 0 aromatic carbocycles. The molecular weight excluding hydrogens is 283 g/mol. The first-order chi connectivity index (χ1) is 8.72. The van der Waals surface area contributed by atoms with Gasteiger partial charge in [0.25, 0.3) is 0 Å². The highest BCUT2D eigenvalue weighted by atomic mass is 32.2. The van der Waals surface area contributed by atoms with Crippen LogP contribution in [0.5, 0.6) is 0 Å². The van der Waals surface area contributed by atoms with E-state index in [4.69, 9.17) is 5.11 Å². The second kappa shape index (κ2) is 6.49. The Labute approximate surface area is 113 Å². The number of carboxylic acids is 1. The molecule has 0 aliphatic heterocycles. The predicted octanol–water partition coefficient (Wildman–Crippen LogP) is 2.19. The van der Waals surface area contributed by atoms with Crippen LogP contribution in [0, 0.1) is 0 Å². The Morgan fingerprint density at radius 3 is 2.32 bits per heavy atom. The fraction of sp³-hybridized carbons (Fsp3) is 0.818. The average molecular weight is 299 g/mol. The van der Waals surface area contributed by atoms with Crippen molar-refractivity contribution in [3.63, 3.8) is 0 Å². The van der Waals surface area contributed by atoms with Gasteiger partial charge < -0.3 is 10.4 Å². The molecule has 1 rings (SSSR count). The zero-order valence-corrected chi connectivity index (χ0v) is 11.1. The van der Waals surface area contributed by atoms with E-state index in [9.17, 15) is 22.8 Å². The number of aliphatic carboxylic acids is 1. The topological polar surface area (TPSA) is 66.4 Å². The average Bonchev–Trinajstić information content (AvgIpc) is 2.62. The van der Waals surface area contributed by atoms with Gasteiger partial charge in [-0.15, -0.1) is 11.8 Å². The van der Waals surface area contributed by atoms with Crippen LogP contribution >= 0.6 is 11.8 Å². The summed E-state index contributed by atoms with van der Waals surface area (Å²) < 4.78 is 35.8. The Bertz CT molecular complexity index is 341. The summed E-state index contributed by atoms with van der Waals surface area (Å²) in [6.07, 6.45) is -1.70. The van der Waals surface area contributed by atoms with E-state index in [1.807, 2.05) is 0 Å². The van der Waals surface area contributed by atoms with Gasteiger partial charge in [-0.2, -0.15) is 13.2 Å². The molecule has 1 saturated carbocycles. The Hall–Kier alpha value is -0.920. The Morgan fingerprint density at radius 1 is 1.26 bits per heavy atom. The lowest BCUT2D eigenvalue weighted by Gasteiger charge is -2.28. The largest absolute Gasteiger partial charge is 0.481 e. The SMILES string of the molecule is O=C(O)CC1(NC(=O)CSCC(F)(F)F)CCCC1. The van der Waals surface area contributed by atoms with Crippen LogP contribution in [0.3, 0.4) is 0 Å². The van der Waals surface area contributed by atoms with Crippen molar-refractivity contribution in [2.75, 3.05) is 11.5 Å². The van der Waals surface area contributed by atoms with Gasteiger partial charge >= 0.3 is 12.1 Å². The third-order valence-electron chi connectivity index (χ3n) is 2.95. The number of hydrogen-bond acceptors (Lipinski definition) is 3. The highest BCUT2D eigenvalue weighted by molar-refractivity contribution is 8.00. The third-order valence-corrected chi connectivity index (χ3v) is 3.95. The third kappa shape index (κ3) is 6.17. The van der Waals surface area contributed by atoms with Gasteiger partial charge in [0.2, 0.25) is 5.91 Å². The van der Waals surface area contributed by atoms with Crippen LogP contribution in [-0.4, -0.2) is 40.2 Å². The van der Waals surface area contributed by atoms with Gasteiger partial charge in [-0.1, -0.05) is 12.8 Å². The van der Waals surface area contributed by atoms with Crippen molar-refractivity contribution in [2.45, 2.75) is 43.8 Å². The zero-order chi connectivity index (χ0) is 14.5. The van der Waals surface area contributed by atoms with Crippen LogP contribution in [0.2, 0.25) is 0 Å². The molecule has 0 aromatic heterocycles. The van der Waals surface area contributed by atoms with Crippen molar-refractivity contribution in [2.24, 2.45) is 0 Å². The summed E-state index contributed by atoms with van der Waals surface area (Å²) in [7, 11) is 0. The molecule has 2 N–H and O–H groups in total. The Kier molecular flexibility index (Phi) is 5.51. The van der Waals surface area contributed by atoms with Crippen LogP contribution in [0.1, 0.15) is 32.1 Å². The van der Waals surface area contributed by atoms with Gasteiger partial charge in [0.1, 0.15) is 0 Å². The maximum absolute atomic E-state index is 11.9. The monoisotopic (exact) mass is 299 g/mol. The molecule has 0 bridgehead atoms. The smallest absolute Gasteiger partial charge is 0.397 e. The lowest BCUT2D eigenvalue weighted by molar-refractivity contribution is -0.139. The standard InChI is InChI=1S/C11H16F3NO3S/c12-11(13,14)7-19-6-8(16)15-10(5-9(17)18)3-1-2-4-10/h1-7H2,(H,15,16)(H,17,18). The van der Waals surface area contributed by atoms with Crippen molar-refractivity contribution < 1.29 is 27.9 Å². The summed E-state index contributed by atoms with van der Waals surface area (Å²) in [4.78, 5) is 22.4. The minimum Gasteiger partial charge on any atom is -0.481 e. The number of halogens is 3. The first-order valence-corrected chi connectivity index (χ1v) is 7.05. The van der Waals surface area contributed by atoms with E-state index < -0.39 is 29.3 Å². The summed E-state index contributed by atoms with van der Waals surface area (Å²) in [5, 5.41) is 11.4. The van der Waals surface area contributed by atoms with Crippen LogP contribution in [0.4, 0.5) is 13.2 Å². The van der Waals surface area contributed by atoms with Crippen LogP contribution in [0.25, 0.3) is 0 Å². The highest BCUT2D eigenvalue weighted by Crippen LogP contribution is 2.32. The minimum atomic E-state index is -4.29. The summed E-state index contributed by atoms with van der Waals surface area (Å²) in [5.74, 6) is -2.92. The molecule has 8 heteroatoms. The van der Waals surface area contributed by atoms with Gasteiger partial charge in [0, 0.05) is 0 Å². The predicted molar refractivity (Wildman–Crippen MR) is 65.0 cm³/mol. The number of thioether (sulfide) groups is 1. The van der Waals surface area contributed by atoms with E-state index in [0.29, 0.717) is 24.6 Å². The molecule has 0 atom stereocenters. The van der Waals surface area contributed by atoms with E-state index in [1.165, 1.54) is 0 Å². The Morgan fingerprint density at radius 2 is 1.84 bits per heavy atom. The number of nitrogens with one attached hydrogen (secondary N) is 1. The number of rotatable bonds is 6. The van der Waals surface area contributed by atoms with E-state index in [-0.39, 0.29) is 12.2 Å². The molecule has 110 valence electrons. The van der Waals surface area contributed by atoms with Crippen LogP contribution in [0.15, 0.2) is 0 Å². The summed E-state index contributed by atoms with van der Waals surface area (Å²) in [6, 6.07) is 0. The molecule has 1 aliphatic rings. The molecule has 0 heterocycles. The summed E-state index contributed by atoms with van der Waals surface area (Å²) in [6.45, 7) is 0. The Balaban J connectivity index is 2.42. The van der Waals surface area contributed by atoms with Gasteiger partial charge in [-0.05, 0) is 12.8 Å². The zero-order valence-electron chi connectivity index (χ0n) is 10.3. The number of carboxylic acid groups (broad SMARTS) is 1. The second-order valence-corrected chi connectivity index (χ2v) is 5.70. The molecule has 19 heavy (non-hydrogen) atoms. The molecule has 1 amide bonds. The molecule has 0 radical (unpaired) electrons. The molecule has 0 spiro atoms. The number of carbonyl (C=O) groups excluding carboxylic acids is 1. The van der Waals surface area contributed by atoms with E-state index in [2.05, 4.69) is 5.32 Å². The van der Waals surface area contributed by atoms with Crippen molar-refractivity contribution >= 4 is 23.6 Å². The lowest BCUT2D eigenvalue weighted by Crippen LogP contribution is -2.48. The first-order valence-electron chi connectivity index (χ1n) is 5.90. The van der Waals surface area contributed by atoms with E-state index >= 15 is 0 Å². The van der Waals surface area contributed by atoms with Gasteiger partial charge in [-0.25, -0.2) is 0 Å². The van der Waals surface area contributed by atoms with Crippen LogP contribution in [-0.2, 0) is 9.59 Å². The van der Waals surface area contributed by atoms with Gasteiger partial charge in [-0.3, -0.25) is 9.59 Å². The molecule has 0 aromatic rings. The van der Waals surface area contributed by atoms with Crippen molar-refractivity contribution in [3.8, 4) is 0 Å². The van der Waals surface area contributed by atoms with E-state index in [1.54, 1.807) is 0 Å². The molecule has 1 aliphatic carbocycles. The second-order valence-electron chi connectivity index (χ2n) is 4.71. The summed E-state index contributed by atoms with van der Waals surface area (Å²) in [5.41, 5.74) is -0.776. The maximum Gasteiger partial charge on any atom is 0.397 e. The van der Waals surface area contributed by atoms with Crippen molar-refractivity contribution in [3.05, 3.63) is 0 Å². The maximum atomic E-state index is 11.9. The number of carbonyl (C=O) groups is 2. The van der Waals surface area contributed by atoms with E-state index in [0.717, 1.165) is 12.8 Å². The van der Waals surface area contributed by atoms with Crippen LogP contribution < -0.4 is 5.32 Å². The fourth-order valence-corrected chi connectivity index (χ4v) is 2.87. The van der Waals surface area contributed by atoms with Gasteiger partial charge in [0.05, 0.1) is 23.5 Å². The molecule has 1 fully saturated rings. The molecule has 0 unspecified atom stereocenters. The quantitative estimate of drug-likeness (QED) is 0.789. The van der Waals surface area contributed by atoms with Gasteiger partial charge in [0.15, 0.2) is 0 Å². The van der Waals surface area contributed by atoms with Crippen molar-refractivity contribution in [1.29, 1.82) is 0 Å². The lowest BCUT2D eigenvalue weighted by atomic mass is 9.93. The molecule has 4 nitrogen and oxygen atoms in total. The van der Waals surface area contributed by atoms with Crippen molar-refractivity contribution in [1.82, 2.24) is 5.32 Å².